The summed E-state index contributed by atoms with van der Waals surface area (Å²) in [6.07, 6.45) is 7.23. The van der Waals surface area contributed by atoms with Gasteiger partial charge in [0.25, 0.3) is 0 Å². The molecule has 19 nitrogen and oxygen atoms in total. The molecule has 0 spiro atoms. The number of benzene rings is 2. The average Bonchev–Trinajstić information content (AvgIpc) is 2.89. The zero-order valence-corrected chi connectivity index (χ0v) is 28.0. The van der Waals surface area contributed by atoms with Gasteiger partial charge in [0, 0.05) is 12.4 Å². The molecule has 250 valence electrons. The molecule has 2 aromatic rings. The number of hydrogen-bond donors (Lipinski definition) is 0. The fourth-order valence-electron chi connectivity index (χ4n) is 3.60. The van der Waals surface area contributed by atoms with E-state index in [-0.39, 0.29) is 87.9 Å². The molecular formula is C24H31CeCuN5O14+. The Morgan fingerprint density at radius 2 is 1.00 bits per heavy atom. The van der Waals surface area contributed by atoms with Crippen LogP contribution in [0.3, 0.4) is 0 Å². The molecule has 0 amide bonds. The minimum Gasteiger partial charge on any atom is -0.870 e. The van der Waals surface area contributed by atoms with Crippen LogP contribution in [0.1, 0.15) is 50.7 Å². The van der Waals surface area contributed by atoms with Crippen LogP contribution in [0.4, 0.5) is 0 Å². The van der Waals surface area contributed by atoms with E-state index in [0.717, 1.165) is 25.7 Å². The van der Waals surface area contributed by atoms with Crippen molar-refractivity contribution in [1.29, 1.82) is 0 Å². The zero-order chi connectivity index (χ0) is 32.1. The molecule has 3 N–H and O–H groups in total. The Morgan fingerprint density at radius 3 is 1.27 bits per heavy atom. The van der Waals surface area contributed by atoms with E-state index in [9.17, 15) is 10.2 Å². The summed E-state index contributed by atoms with van der Waals surface area (Å²) in [5, 5.41) is 69.2. The van der Waals surface area contributed by atoms with Gasteiger partial charge in [-0.05, 0) is 49.9 Å². The Hall–Kier alpha value is -3.56. The van der Waals surface area contributed by atoms with Crippen LogP contribution in [-0.2, 0) is 22.5 Å². The summed E-state index contributed by atoms with van der Waals surface area (Å²) in [6.45, 7) is 4.59. The van der Waals surface area contributed by atoms with E-state index in [1.807, 2.05) is 13.8 Å². The SMILES string of the molecule is CCOc1cccc(C=N[C@H]2CCCC[C@@H]2N=Cc2cccc(OCC)c2[O-])c1[O-].O=[N+]([O-])[O-].O=[N+]([O-])[O-].O=[N+]([O-])[O-].[Ce+3].[Cu+2].[OH3+]. The van der Waals surface area contributed by atoms with Crippen LogP contribution in [0, 0.1) is 87.7 Å². The molecule has 21 heteroatoms. The maximum Gasteiger partial charge on any atom is 3.00 e. The van der Waals surface area contributed by atoms with E-state index < -0.39 is 15.3 Å². The number of hydrogen-bond acceptors (Lipinski definition) is 15. The van der Waals surface area contributed by atoms with Gasteiger partial charge in [-0.3, -0.25) is 9.98 Å². The van der Waals surface area contributed by atoms with Gasteiger partial charge < -0.3 is 71.1 Å². The van der Waals surface area contributed by atoms with Gasteiger partial charge in [-0.1, -0.05) is 48.6 Å². The smallest absolute Gasteiger partial charge is 0.870 e. The number of nitrogens with zero attached hydrogens (tertiary/aromatic N) is 5. The number of aliphatic imine (C=N–C) groups is 2. The van der Waals surface area contributed by atoms with Crippen molar-refractivity contribution in [2.75, 3.05) is 13.2 Å². The van der Waals surface area contributed by atoms with Crippen molar-refractivity contribution in [3.8, 4) is 23.0 Å². The summed E-state index contributed by atoms with van der Waals surface area (Å²) in [5.41, 5.74) is 1.03. The van der Waals surface area contributed by atoms with Crippen molar-refractivity contribution in [2.24, 2.45) is 9.98 Å². The molecule has 2 aromatic carbocycles. The summed E-state index contributed by atoms with van der Waals surface area (Å²) in [6, 6.07) is 10.4. The van der Waals surface area contributed by atoms with E-state index in [0.29, 0.717) is 35.8 Å². The molecule has 1 fully saturated rings. The fourth-order valence-corrected chi connectivity index (χ4v) is 3.60. The van der Waals surface area contributed by atoms with Crippen LogP contribution < -0.4 is 19.7 Å². The maximum absolute atomic E-state index is 12.5. The van der Waals surface area contributed by atoms with Gasteiger partial charge in [-0.25, -0.2) is 0 Å². The molecule has 0 saturated heterocycles. The molecule has 1 saturated carbocycles. The molecule has 0 unspecified atom stereocenters. The molecule has 2 radical (unpaired) electrons. The molecule has 1 aliphatic carbocycles. The number of rotatable bonds is 8. The van der Waals surface area contributed by atoms with Crippen molar-refractivity contribution >= 4 is 12.4 Å². The summed E-state index contributed by atoms with van der Waals surface area (Å²) in [7, 11) is 0. The molecule has 2 atom stereocenters. The van der Waals surface area contributed by atoms with E-state index in [1.165, 1.54) is 0 Å². The maximum atomic E-state index is 12.5. The van der Waals surface area contributed by atoms with Gasteiger partial charge in [-0.2, -0.15) is 0 Å². The summed E-state index contributed by atoms with van der Waals surface area (Å²) in [5.74, 6) is 0.388. The molecule has 0 aromatic heterocycles. The van der Waals surface area contributed by atoms with Crippen LogP contribution in [0.2, 0.25) is 0 Å². The van der Waals surface area contributed by atoms with Crippen molar-refractivity contribution in [1.82, 2.24) is 0 Å². The van der Waals surface area contributed by atoms with Crippen molar-refractivity contribution < 1.29 is 99.2 Å². The van der Waals surface area contributed by atoms with Gasteiger partial charge >= 0.3 is 58.8 Å². The van der Waals surface area contributed by atoms with E-state index >= 15 is 0 Å². The van der Waals surface area contributed by atoms with Gasteiger partial charge in [-0.15, -0.1) is 0 Å². The average molecular weight is 817 g/mol. The quantitative estimate of drug-likeness (QED) is 0.121. The molecule has 0 bridgehead atoms. The van der Waals surface area contributed by atoms with Crippen LogP contribution in [0.15, 0.2) is 46.4 Å². The second-order valence-electron chi connectivity index (χ2n) is 7.86. The Kier molecular flexibility index (Phi) is 30.0. The number of ether oxygens (including phenoxy) is 2. The predicted octanol–water partition coefficient (Wildman–Crippen LogP) is 1.84. The standard InChI is InChI=1S/C24H30N2O4.Ce.Cu.3NO3.H2O/c1-3-29-21-13-7-9-17(23(21)27)15-25-19-11-5-6-12-20(19)26-16-18-10-8-14-22(24(18)28)30-4-2;;;3*2-1(3)4;/h7-10,13-16,19-20,27-28H,3-6,11-12H2,1-2H3;;;;;;1H2/q;+3;+2;3*-1;/p-1/t19-,20-;;;;;;/m0....../s1. The first kappa shape index (κ1) is 48.3. The Balaban J connectivity index is -0.000000482. The predicted molar refractivity (Wildman–Crippen MR) is 151 cm³/mol. The van der Waals surface area contributed by atoms with Crippen LogP contribution in [0.5, 0.6) is 23.0 Å². The summed E-state index contributed by atoms with van der Waals surface area (Å²) < 4.78 is 10.8. The normalized spacial score (nSPS) is 14.5. The monoisotopic (exact) mass is 816 g/mol. The van der Waals surface area contributed by atoms with E-state index in [4.69, 9.17) is 55.4 Å². The van der Waals surface area contributed by atoms with Crippen molar-refractivity contribution in [3.05, 3.63) is 93.5 Å². The first-order valence-corrected chi connectivity index (χ1v) is 12.2. The van der Waals surface area contributed by atoms with Gasteiger partial charge in [0.2, 0.25) is 0 Å². The second kappa shape index (κ2) is 27.9. The summed E-state index contributed by atoms with van der Waals surface area (Å²) in [4.78, 5) is 34.1. The Labute approximate surface area is 301 Å². The Morgan fingerprint density at radius 1 is 0.711 bits per heavy atom. The van der Waals surface area contributed by atoms with Crippen LogP contribution >= 0.6 is 0 Å². The first-order valence-electron chi connectivity index (χ1n) is 12.2. The van der Waals surface area contributed by atoms with Crippen molar-refractivity contribution in [3.63, 3.8) is 0 Å². The second-order valence-corrected chi connectivity index (χ2v) is 7.86. The van der Waals surface area contributed by atoms with Gasteiger partial charge in [0.05, 0.1) is 40.6 Å². The number of para-hydroxylation sites is 2. The van der Waals surface area contributed by atoms with E-state index in [2.05, 4.69) is 9.98 Å². The molecular weight excluding hydrogens is 786 g/mol. The van der Waals surface area contributed by atoms with E-state index in [1.54, 1.807) is 48.8 Å². The first-order chi connectivity index (χ1) is 19.8. The molecule has 45 heavy (non-hydrogen) atoms. The minimum atomic E-state index is -1.75. The van der Waals surface area contributed by atoms with Crippen LogP contribution in [0.25, 0.3) is 0 Å². The summed E-state index contributed by atoms with van der Waals surface area (Å²) >= 11 is 0. The fraction of sp³-hybridized carbons (Fsp3) is 0.417. The molecule has 0 heterocycles. The topological polar surface area (TPSA) is 321 Å². The Bertz CT molecular complexity index is 1090. The van der Waals surface area contributed by atoms with Gasteiger partial charge in [0.15, 0.2) is 0 Å². The third-order valence-electron chi connectivity index (χ3n) is 5.12. The molecule has 1 aliphatic rings. The third-order valence-corrected chi connectivity index (χ3v) is 5.12. The van der Waals surface area contributed by atoms with Gasteiger partial charge in [0.1, 0.15) is 11.5 Å². The molecule has 0 aliphatic heterocycles. The largest absolute Gasteiger partial charge is 3.00 e. The molecule has 3 rings (SSSR count). The van der Waals surface area contributed by atoms with Crippen molar-refractivity contribution in [2.45, 2.75) is 51.6 Å². The zero-order valence-electron chi connectivity index (χ0n) is 23.9. The third kappa shape index (κ3) is 22.6. The minimum absolute atomic E-state index is 0. The van der Waals surface area contributed by atoms with Crippen LogP contribution in [-0.4, -0.2) is 53.0 Å².